The van der Waals surface area contributed by atoms with E-state index in [4.69, 9.17) is 5.11 Å². The summed E-state index contributed by atoms with van der Waals surface area (Å²) in [6.07, 6.45) is 4.66. The molecule has 140 valence electrons. The molecule has 3 rings (SSSR count). The monoisotopic (exact) mass is 360 g/mol. The first-order valence-corrected chi connectivity index (χ1v) is 8.73. The van der Waals surface area contributed by atoms with Crippen LogP contribution >= 0.6 is 0 Å². The number of hydrogen-bond acceptors (Lipinski definition) is 5. The molecule has 1 unspecified atom stereocenters. The number of likely N-dealkylation sites (N-methyl/N-ethyl adjacent to an activating group) is 1. The molecule has 8 heteroatoms. The van der Waals surface area contributed by atoms with Crippen molar-refractivity contribution in [3.8, 4) is 0 Å². The lowest BCUT2D eigenvalue weighted by molar-refractivity contribution is -0.137. The van der Waals surface area contributed by atoms with Crippen LogP contribution in [0.5, 0.6) is 0 Å². The second kappa shape index (κ2) is 7.33. The maximum absolute atomic E-state index is 12.1. The lowest BCUT2D eigenvalue weighted by Crippen LogP contribution is -2.46. The standard InChI is InChI=1S/C18H24N4O4/c1-20(16(23)6-3-7-17(24)25)12-18(26)8-10-21(13-18)15-5-2-4-14-19-9-11-22(14)15/h2,4-5,9,11,26H,3,6-8,10,12-13H2,1H3,(H,24,25). The van der Waals surface area contributed by atoms with Gasteiger partial charge < -0.3 is 20.0 Å². The van der Waals surface area contributed by atoms with Crippen LogP contribution in [-0.4, -0.2) is 68.7 Å². The average Bonchev–Trinajstić information content (AvgIpc) is 3.20. The number of nitrogens with zero attached hydrogens (tertiary/aromatic N) is 4. The number of amides is 1. The quantitative estimate of drug-likeness (QED) is 0.764. The Kier molecular flexibility index (Phi) is 5.13. The largest absolute Gasteiger partial charge is 0.481 e. The van der Waals surface area contributed by atoms with E-state index < -0.39 is 11.6 Å². The van der Waals surface area contributed by atoms with Gasteiger partial charge in [0, 0.05) is 45.4 Å². The third kappa shape index (κ3) is 3.96. The molecule has 2 N–H and O–H groups in total. The molecule has 2 aromatic rings. The number of aliphatic carboxylic acids is 1. The van der Waals surface area contributed by atoms with Gasteiger partial charge >= 0.3 is 5.97 Å². The highest BCUT2D eigenvalue weighted by Crippen LogP contribution is 2.28. The fourth-order valence-electron chi connectivity index (χ4n) is 3.48. The zero-order chi connectivity index (χ0) is 18.7. The van der Waals surface area contributed by atoms with Gasteiger partial charge in [0.05, 0.1) is 6.54 Å². The Morgan fingerprint density at radius 2 is 2.15 bits per heavy atom. The summed E-state index contributed by atoms with van der Waals surface area (Å²) in [6, 6.07) is 5.85. The van der Waals surface area contributed by atoms with Crippen molar-refractivity contribution in [3.63, 3.8) is 0 Å². The van der Waals surface area contributed by atoms with Gasteiger partial charge in [-0.3, -0.25) is 14.0 Å². The summed E-state index contributed by atoms with van der Waals surface area (Å²) in [4.78, 5) is 30.6. The first kappa shape index (κ1) is 18.2. The van der Waals surface area contributed by atoms with E-state index in [9.17, 15) is 14.7 Å². The van der Waals surface area contributed by atoms with Crippen molar-refractivity contribution in [2.75, 3.05) is 31.6 Å². The van der Waals surface area contributed by atoms with Gasteiger partial charge in [-0.2, -0.15) is 0 Å². The van der Waals surface area contributed by atoms with Crippen LogP contribution in [0, 0.1) is 0 Å². The Bertz CT molecular complexity index is 805. The lowest BCUT2D eigenvalue weighted by atomic mass is 10.0. The molecule has 1 saturated heterocycles. The number of carbonyl (C=O) groups excluding carboxylic acids is 1. The number of aliphatic hydroxyl groups is 1. The highest BCUT2D eigenvalue weighted by atomic mass is 16.4. The molecule has 1 fully saturated rings. The molecule has 0 radical (unpaired) electrons. The first-order valence-electron chi connectivity index (χ1n) is 8.73. The number of rotatable bonds is 7. The Balaban J connectivity index is 1.60. The number of fused-ring (bicyclic) bond motifs is 1. The fourth-order valence-corrected chi connectivity index (χ4v) is 3.48. The van der Waals surface area contributed by atoms with E-state index in [2.05, 4.69) is 9.88 Å². The number of carboxylic acid groups (broad SMARTS) is 1. The van der Waals surface area contributed by atoms with Crippen LogP contribution in [0.1, 0.15) is 25.7 Å². The second-order valence-electron chi connectivity index (χ2n) is 6.93. The topological polar surface area (TPSA) is 98.4 Å². The Labute approximate surface area is 151 Å². The van der Waals surface area contributed by atoms with E-state index in [1.807, 2.05) is 28.8 Å². The third-order valence-electron chi connectivity index (χ3n) is 4.80. The maximum atomic E-state index is 12.1. The van der Waals surface area contributed by atoms with Crippen LogP contribution in [0.3, 0.4) is 0 Å². The molecule has 0 saturated carbocycles. The van der Waals surface area contributed by atoms with Crippen LogP contribution in [0.25, 0.3) is 5.65 Å². The highest BCUT2D eigenvalue weighted by molar-refractivity contribution is 5.76. The number of carbonyl (C=O) groups is 2. The van der Waals surface area contributed by atoms with Crippen LogP contribution < -0.4 is 4.90 Å². The molecule has 0 aliphatic carbocycles. The number of carboxylic acids is 1. The molecule has 0 bridgehead atoms. The molecule has 1 aliphatic rings. The van der Waals surface area contributed by atoms with Gasteiger partial charge in [0.1, 0.15) is 17.1 Å². The van der Waals surface area contributed by atoms with Gasteiger partial charge in [-0.25, -0.2) is 4.98 Å². The summed E-state index contributed by atoms with van der Waals surface area (Å²) in [6.45, 7) is 1.35. The Morgan fingerprint density at radius 1 is 1.35 bits per heavy atom. The number of imidazole rings is 1. The minimum absolute atomic E-state index is 0.0213. The number of β-amino-alcohol motifs (C(OH)–C–C–N with tert-alkyl or cyclic N) is 1. The molecule has 8 nitrogen and oxygen atoms in total. The van der Waals surface area contributed by atoms with E-state index in [1.165, 1.54) is 4.90 Å². The molecule has 0 spiro atoms. The van der Waals surface area contributed by atoms with Crippen molar-refractivity contribution in [2.45, 2.75) is 31.3 Å². The van der Waals surface area contributed by atoms with E-state index in [-0.39, 0.29) is 25.3 Å². The van der Waals surface area contributed by atoms with Gasteiger partial charge in [-0.15, -0.1) is 0 Å². The lowest BCUT2D eigenvalue weighted by Gasteiger charge is -2.29. The summed E-state index contributed by atoms with van der Waals surface area (Å²) < 4.78 is 1.98. The zero-order valence-corrected chi connectivity index (χ0v) is 14.8. The fraction of sp³-hybridized carbons (Fsp3) is 0.500. The Morgan fingerprint density at radius 3 is 2.92 bits per heavy atom. The molecular formula is C18H24N4O4. The van der Waals surface area contributed by atoms with Crippen LogP contribution in [-0.2, 0) is 9.59 Å². The average molecular weight is 360 g/mol. The van der Waals surface area contributed by atoms with E-state index in [0.717, 1.165) is 11.5 Å². The second-order valence-corrected chi connectivity index (χ2v) is 6.93. The van der Waals surface area contributed by atoms with Crippen molar-refractivity contribution in [1.82, 2.24) is 14.3 Å². The van der Waals surface area contributed by atoms with E-state index >= 15 is 0 Å². The predicted octanol–water partition coefficient (Wildman–Crippen LogP) is 0.989. The third-order valence-corrected chi connectivity index (χ3v) is 4.80. The SMILES string of the molecule is CN(CC1(O)CCN(c2cccc3nccn23)C1)C(=O)CCCC(=O)O. The van der Waals surface area contributed by atoms with Crippen LogP contribution in [0.15, 0.2) is 30.6 Å². The van der Waals surface area contributed by atoms with Crippen molar-refractivity contribution in [2.24, 2.45) is 0 Å². The molecule has 1 aliphatic heterocycles. The predicted molar refractivity (Wildman–Crippen MR) is 96.1 cm³/mol. The van der Waals surface area contributed by atoms with Crippen molar-refractivity contribution in [3.05, 3.63) is 30.6 Å². The number of aromatic nitrogens is 2. The summed E-state index contributed by atoms with van der Waals surface area (Å²) in [5.41, 5.74) is -0.136. The molecule has 0 aromatic carbocycles. The molecule has 1 atom stereocenters. The van der Waals surface area contributed by atoms with Gasteiger partial charge in [0.2, 0.25) is 5.91 Å². The minimum atomic E-state index is -0.986. The van der Waals surface area contributed by atoms with Gasteiger partial charge in [0.25, 0.3) is 0 Å². The molecule has 1 amide bonds. The normalized spacial score (nSPS) is 19.8. The highest BCUT2D eigenvalue weighted by Gasteiger charge is 2.38. The van der Waals surface area contributed by atoms with E-state index in [1.54, 1.807) is 13.2 Å². The summed E-state index contributed by atoms with van der Waals surface area (Å²) in [5, 5.41) is 19.6. The number of hydrogen-bond donors (Lipinski definition) is 2. The smallest absolute Gasteiger partial charge is 0.303 e. The van der Waals surface area contributed by atoms with Gasteiger partial charge in [-0.05, 0) is 25.0 Å². The summed E-state index contributed by atoms with van der Waals surface area (Å²) in [7, 11) is 1.65. The minimum Gasteiger partial charge on any atom is -0.481 e. The van der Waals surface area contributed by atoms with E-state index in [0.29, 0.717) is 25.9 Å². The number of pyridine rings is 1. The van der Waals surface area contributed by atoms with Crippen molar-refractivity contribution < 1.29 is 19.8 Å². The number of anilines is 1. The Hall–Kier alpha value is -2.61. The van der Waals surface area contributed by atoms with Crippen LogP contribution in [0.2, 0.25) is 0 Å². The van der Waals surface area contributed by atoms with Gasteiger partial charge in [0.15, 0.2) is 0 Å². The zero-order valence-electron chi connectivity index (χ0n) is 14.8. The summed E-state index contributed by atoms with van der Waals surface area (Å²) >= 11 is 0. The van der Waals surface area contributed by atoms with Crippen molar-refractivity contribution in [1.29, 1.82) is 0 Å². The first-order chi connectivity index (χ1) is 12.4. The maximum Gasteiger partial charge on any atom is 0.303 e. The van der Waals surface area contributed by atoms with Gasteiger partial charge in [-0.1, -0.05) is 6.07 Å². The molecular weight excluding hydrogens is 336 g/mol. The molecule has 3 heterocycles. The van der Waals surface area contributed by atoms with Crippen LogP contribution in [0.4, 0.5) is 5.82 Å². The molecule has 26 heavy (non-hydrogen) atoms. The van der Waals surface area contributed by atoms with Crippen molar-refractivity contribution >= 4 is 23.3 Å². The molecule has 2 aromatic heterocycles. The summed E-state index contributed by atoms with van der Waals surface area (Å²) in [5.74, 6) is -0.0830.